The van der Waals surface area contributed by atoms with E-state index in [0.29, 0.717) is 22.6 Å². The zero-order chi connectivity index (χ0) is 22.6. The maximum atomic E-state index is 14.5. The van der Waals surface area contributed by atoms with Gasteiger partial charge in [-0.05, 0) is 47.5 Å². The number of allylic oxidation sites excluding steroid dienone is 12. The molecule has 0 radical (unpaired) electrons. The van der Waals surface area contributed by atoms with Crippen LogP contribution in [0.3, 0.4) is 0 Å². The minimum atomic E-state index is -0.470. The molecule has 0 aliphatic carbocycles. The Hall–Kier alpha value is -2.41. The standard InChI is InChI=1S/C28H39F/c1-11-20(3)13-15-22(5)23(6)17-18-24(7)26(9)19-28(29)27(10)25(8)16-14-21(4)12-2/h14,16-20,22H,4,6-13,15H2,1-3,5H3/b16-14-,18-17-,28-19+. The van der Waals surface area contributed by atoms with E-state index < -0.39 is 5.83 Å². The lowest BCUT2D eigenvalue weighted by Crippen LogP contribution is -2.00. The van der Waals surface area contributed by atoms with Crippen LogP contribution < -0.4 is 0 Å². The van der Waals surface area contributed by atoms with E-state index in [1.165, 1.54) is 18.9 Å². The Morgan fingerprint density at radius 2 is 1.38 bits per heavy atom. The second kappa shape index (κ2) is 13.7. The third kappa shape index (κ3) is 10.6. The highest BCUT2D eigenvalue weighted by atomic mass is 19.1. The number of hydrogen-bond acceptors (Lipinski definition) is 0. The highest BCUT2D eigenvalue weighted by Crippen LogP contribution is 2.24. The van der Waals surface area contributed by atoms with Gasteiger partial charge in [-0.1, -0.05) is 115 Å². The average molecular weight is 395 g/mol. The molecule has 2 unspecified atom stereocenters. The molecule has 1 heteroatoms. The zero-order valence-electron chi connectivity index (χ0n) is 19.0. The van der Waals surface area contributed by atoms with Gasteiger partial charge >= 0.3 is 0 Å². The van der Waals surface area contributed by atoms with E-state index in [1.54, 1.807) is 6.08 Å². The van der Waals surface area contributed by atoms with E-state index in [0.717, 1.165) is 29.9 Å². The summed E-state index contributed by atoms with van der Waals surface area (Å²) in [7, 11) is 0. The molecule has 0 rings (SSSR count). The van der Waals surface area contributed by atoms with Crippen molar-refractivity contribution >= 4 is 0 Å². The van der Waals surface area contributed by atoms with Crippen molar-refractivity contribution in [1.82, 2.24) is 0 Å². The third-order valence-corrected chi connectivity index (χ3v) is 5.28. The molecule has 0 aliphatic heterocycles. The molecule has 0 aromatic heterocycles. The van der Waals surface area contributed by atoms with Crippen LogP contribution in [-0.2, 0) is 0 Å². The number of hydrogen-bond donors (Lipinski definition) is 0. The first-order chi connectivity index (χ1) is 13.5. The molecule has 0 aromatic rings. The van der Waals surface area contributed by atoms with Crippen LogP contribution in [-0.4, -0.2) is 0 Å². The first-order valence-electron chi connectivity index (χ1n) is 10.4. The summed E-state index contributed by atoms with van der Waals surface area (Å²) in [5.74, 6) is 0.665. The van der Waals surface area contributed by atoms with Gasteiger partial charge in [-0.2, -0.15) is 0 Å². The molecule has 0 nitrogen and oxygen atoms in total. The summed E-state index contributed by atoms with van der Waals surface area (Å²) in [5.41, 5.74) is 3.87. The first kappa shape index (κ1) is 26.6. The Balaban J connectivity index is 4.87. The van der Waals surface area contributed by atoms with Gasteiger partial charge in [-0.3, -0.25) is 0 Å². The molecular formula is C28H39F. The summed E-state index contributed by atoms with van der Waals surface area (Å²) in [5, 5.41) is 0. The molecule has 29 heavy (non-hydrogen) atoms. The molecule has 0 N–H and O–H groups in total. The predicted octanol–water partition coefficient (Wildman–Crippen LogP) is 9.16. The molecule has 0 saturated heterocycles. The monoisotopic (exact) mass is 394 g/mol. The van der Waals surface area contributed by atoms with Gasteiger partial charge in [0.05, 0.1) is 0 Å². The summed E-state index contributed by atoms with van der Waals surface area (Å²) in [4.78, 5) is 0. The van der Waals surface area contributed by atoms with Crippen LogP contribution in [0, 0.1) is 11.8 Å². The lowest BCUT2D eigenvalue weighted by molar-refractivity contribution is 0.454. The lowest BCUT2D eigenvalue weighted by Gasteiger charge is -2.14. The van der Waals surface area contributed by atoms with Crippen molar-refractivity contribution in [3.8, 4) is 0 Å². The minimum absolute atomic E-state index is 0.228. The molecule has 0 fully saturated rings. The smallest absolute Gasteiger partial charge is 0.131 e. The van der Waals surface area contributed by atoms with Crippen molar-refractivity contribution in [2.75, 3.05) is 0 Å². The molecule has 0 bridgehead atoms. The highest BCUT2D eigenvalue weighted by Gasteiger charge is 2.08. The van der Waals surface area contributed by atoms with Crippen LogP contribution in [0.25, 0.3) is 0 Å². The Labute approximate surface area is 179 Å². The number of halogens is 1. The predicted molar refractivity (Wildman–Crippen MR) is 130 cm³/mol. The molecule has 0 aliphatic rings. The van der Waals surface area contributed by atoms with Gasteiger partial charge < -0.3 is 0 Å². The molecule has 0 saturated carbocycles. The van der Waals surface area contributed by atoms with Crippen molar-refractivity contribution in [3.05, 3.63) is 109 Å². The van der Waals surface area contributed by atoms with Gasteiger partial charge in [0.1, 0.15) is 5.83 Å². The maximum Gasteiger partial charge on any atom is 0.131 e. The molecular weight excluding hydrogens is 355 g/mol. The van der Waals surface area contributed by atoms with Crippen molar-refractivity contribution in [1.29, 1.82) is 0 Å². The highest BCUT2D eigenvalue weighted by molar-refractivity contribution is 5.52. The topological polar surface area (TPSA) is 0 Å². The average Bonchev–Trinajstić information content (AvgIpc) is 2.71. The molecule has 2 atom stereocenters. The van der Waals surface area contributed by atoms with E-state index in [-0.39, 0.29) is 5.57 Å². The molecule has 158 valence electrons. The molecule has 0 heterocycles. The fraction of sp³-hybridized carbons (Fsp3) is 0.357. The van der Waals surface area contributed by atoms with Crippen LogP contribution in [0.1, 0.15) is 53.4 Å². The van der Waals surface area contributed by atoms with E-state index >= 15 is 0 Å². The Kier molecular flexibility index (Phi) is 12.6. The Morgan fingerprint density at radius 3 is 1.93 bits per heavy atom. The summed E-state index contributed by atoms with van der Waals surface area (Å²) in [6.07, 6.45) is 13.0. The molecule has 0 spiro atoms. The maximum absolute atomic E-state index is 14.5. The first-order valence-corrected chi connectivity index (χ1v) is 10.4. The lowest BCUT2D eigenvalue weighted by atomic mass is 9.91. The SMILES string of the molecule is C=C(/C=C\C(=C)C(=C)/C(F)=C\C(=C)C(=C)/C=C\C(=C)C(C)CCC(C)CC)CC. The largest absolute Gasteiger partial charge is 0.206 e. The fourth-order valence-electron chi connectivity index (χ4n) is 2.33. The summed E-state index contributed by atoms with van der Waals surface area (Å²) < 4.78 is 14.5. The quantitative estimate of drug-likeness (QED) is 0.258. The second-order valence-electron chi connectivity index (χ2n) is 7.79. The van der Waals surface area contributed by atoms with Crippen molar-refractivity contribution < 1.29 is 4.39 Å². The molecule has 0 amide bonds. The van der Waals surface area contributed by atoms with Crippen LogP contribution in [0.15, 0.2) is 109 Å². The van der Waals surface area contributed by atoms with Gasteiger partial charge in [0.15, 0.2) is 0 Å². The van der Waals surface area contributed by atoms with E-state index in [9.17, 15) is 4.39 Å². The van der Waals surface area contributed by atoms with Crippen molar-refractivity contribution in [3.63, 3.8) is 0 Å². The fourth-order valence-corrected chi connectivity index (χ4v) is 2.33. The van der Waals surface area contributed by atoms with Crippen LogP contribution in [0.2, 0.25) is 0 Å². The van der Waals surface area contributed by atoms with E-state index in [2.05, 4.69) is 60.2 Å². The van der Waals surface area contributed by atoms with Crippen LogP contribution in [0.5, 0.6) is 0 Å². The van der Waals surface area contributed by atoms with Gasteiger partial charge in [0.25, 0.3) is 0 Å². The zero-order valence-corrected chi connectivity index (χ0v) is 19.0. The summed E-state index contributed by atoms with van der Waals surface area (Å²) in [6.45, 7) is 32.3. The van der Waals surface area contributed by atoms with Crippen LogP contribution >= 0.6 is 0 Å². The van der Waals surface area contributed by atoms with Crippen molar-refractivity contribution in [2.45, 2.75) is 53.4 Å². The van der Waals surface area contributed by atoms with E-state index in [4.69, 9.17) is 0 Å². The van der Waals surface area contributed by atoms with Gasteiger partial charge in [0.2, 0.25) is 0 Å². The second-order valence-corrected chi connectivity index (χ2v) is 7.79. The molecule has 0 aromatic carbocycles. The van der Waals surface area contributed by atoms with E-state index in [1.807, 2.05) is 25.2 Å². The normalized spacial score (nSPS) is 14.0. The van der Waals surface area contributed by atoms with Crippen molar-refractivity contribution in [2.24, 2.45) is 11.8 Å². The summed E-state index contributed by atoms with van der Waals surface area (Å²) in [6, 6.07) is 0. The Morgan fingerprint density at radius 1 is 0.793 bits per heavy atom. The summed E-state index contributed by atoms with van der Waals surface area (Å²) >= 11 is 0. The van der Waals surface area contributed by atoms with Gasteiger partial charge in [-0.25, -0.2) is 4.39 Å². The Bertz CT molecular complexity index is 736. The minimum Gasteiger partial charge on any atom is -0.206 e. The van der Waals surface area contributed by atoms with Gasteiger partial charge in [-0.15, -0.1) is 0 Å². The van der Waals surface area contributed by atoms with Gasteiger partial charge in [0, 0.05) is 5.57 Å². The number of rotatable bonds is 14. The third-order valence-electron chi connectivity index (χ3n) is 5.28. The van der Waals surface area contributed by atoms with Crippen LogP contribution in [0.4, 0.5) is 4.39 Å².